The van der Waals surface area contributed by atoms with Gasteiger partial charge in [0.25, 0.3) is 0 Å². The second-order valence-corrected chi connectivity index (χ2v) is 4.45. The third-order valence-electron chi connectivity index (χ3n) is 2.26. The highest BCUT2D eigenvalue weighted by atomic mass is 19.5. The van der Waals surface area contributed by atoms with Gasteiger partial charge in [-0.3, -0.25) is 0 Å². The Morgan fingerprint density at radius 1 is 0.679 bits per heavy atom. The van der Waals surface area contributed by atoms with Gasteiger partial charge in [0.2, 0.25) is 0 Å². The molecule has 28 heavy (non-hydrogen) atoms. The number of halogens is 12. The first-order chi connectivity index (χ1) is 12.3. The molecule has 0 aliphatic carbocycles. The Kier molecular flexibility index (Phi) is 15.6. The van der Waals surface area contributed by atoms with Crippen LogP contribution in [0.25, 0.3) is 6.08 Å². The number of nitrogens with zero attached hydrogens (tertiary/aromatic N) is 1. The van der Waals surface area contributed by atoms with E-state index >= 15 is 0 Å². The molecular weight excluding hydrogens is 419 g/mol. The zero-order chi connectivity index (χ0) is 23.2. The Morgan fingerprint density at radius 2 is 0.929 bits per heavy atom. The summed E-state index contributed by atoms with van der Waals surface area (Å²) in [4.78, 5) is 2.33. The molecule has 0 aliphatic rings. The molecule has 166 valence electrons. The molecular formula is C12H17B3F12N-3. The third-order valence-corrected chi connectivity index (χ3v) is 2.26. The van der Waals surface area contributed by atoms with E-state index in [-0.39, 0.29) is 0 Å². The van der Waals surface area contributed by atoms with Crippen molar-refractivity contribution in [3.05, 3.63) is 36.4 Å². The third kappa shape index (κ3) is 39.3. The number of anilines is 1. The first-order valence-corrected chi connectivity index (χ1v) is 7.41. The van der Waals surface area contributed by atoms with E-state index in [2.05, 4.69) is 49.6 Å². The molecule has 1 aromatic rings. The topological polar surface area (TPSA) is 3.24 Å². The van der Waals surface area contributed by atoms with E-state index in [1.54, 1.807) is 0 Å². The van der Waals surface area contributed by atoms with Crippen LogP contribution in [0.5, 0.6) is 0 Å². The van der Waals surface area contributed by atoms with Crippen LogP contribution in [0.3, 0.4) is 0 Å². The first kappa shape index (κ1) is 30.8. The fourth-order valence-corrected chi connectivity index (χ4v) is 1.41. The number of benzene rings is 1. The normalized spacial score (nSPS) is 10.9. The lowest BCUT2D eigenvalue weighted by Gasteiger charge is -2.20. The van der Waals surface area contributed by atoms with Crippen molar-refractivity contribution < 1.29 is 51.8 Å². The average molecular weight is 436 g/mol. The molecule has 0 heterocycles. The molecule has 0 radical (unpaired) electrons. The quantitative estimate of drug-likeness (QED) is 0.361. The predicted molar refractivity (Wildman–Crippen MR) is 90.7 cm³/mol. The minimum Gasteiger partial charge on any atom is -0.418 e. The SMILES string of the molecule is C=Cc1ccc(N(CC)CC)cc1.F[B-](F)(F)F.F[B-](F)(F)F.F[B-](F)(F)F. The summed E-state index contributed by atoms with van der Waals surface area (Å²) in [6, 6.07) is 8.48. The summed E-state index contributed by atoms with van der Waals surface area (Å²) in [6.45, 7) is 10.2. The van der Waals surface area contributed by atoms with Crippen LogP contribution in [0, 0.1) is 0 Å². The predicted octanol–water partition coefficient (Wildman–Crippen LogP) is 7.08. The van der Waals surface area contributed by atoms with Gasteiger partial charge >= 0.3 is 21.8 Å². The molecule has 1 nitrogen and oxygen atoms in total. The first-order valence-electron chi connectivity index (χ1n) is 7.41. The highest BCUT2D eigenvalue weighted by molar-refractivity contribution is 6.50. The van der Waals surface area contributed by atoms with E-state index in [1.807, 2.05) is 6.08 Å². The Morgan fingerprint density at radius 3 is 1.11 bits per heavy atom. The molecule has 0 aromatic heterocycles. The van der Waals surface area contributed by atoms with Crippen molar-refractivity contribution in [2.75, 3.05) is 18.0 Å². The maximum absolute atomic E-state index is 9.75. The van der Waals surface area contributed by atoms with Crippen molar-refractivity contribution in [1.29, 1.82) is 0 Å². The van der Waals surface area contributed by atoms with Gasteiger partial charge in [0.15, 0.2) is 0 Å². The molecule has 0 saturated carbocycles. The second-order valence-electron chi connectivity index (χ2n) is 4.45. The summed E-state index contributed by atoms with van der Waals surface area (Å²) in [5.41, 5.74) is 2.46. The minimum atomic E-state index is -6.00. The molecule has 0 unspecified atom stereocenters. The molecule has 16 heteroatoms. The molecule has 0 atom stereocenters. The van der Waals surface area contributed by atoms with E-state index in [4.69, 9.17) is 0 Å². The Balaban J connectivity index is -0.000000347. The van der Waals surface area contributed by atoms with Gasteiger partial charge in [-0.2, -0.15) is 0 Å². The standard InChI is InChI=1S/C12H17N.3BF4/c1-4-11-7-9-12(10-8-11)13(5-2)6-3;3*2-1(3,4)5/h4,7-10H,1,5-6H2,2-3H3;;;/q;3*-1. The molecule has 0 saturated heterocycles. The number of rotatable bonds is 4. The maximum atomic E-state index is 9.75. The lowest BCUT2D eigenvalue weighted by atomic mass is 10.2. The molecule has 0 spiro atoms. The Hall–Kier alpha value is -1.89. The molecule has 1 aromatic carbocycles. The lowest BCUT2D eigenvalue weighted by molar-refractivity contribution is 0.366. The van der Waals surface area contributed by atoms with Gasteiger partial charge in [0.05, 0.1) is 0 Å². The van der Waals surface area contributed by atoms with Crippen molar-refractivity contribution in [3.63, 3.8) is 0 Å². The fraction of sp³-hybridized carbons (Fsp3) is 0.333. The van der Waals surface area contributed by atoms with Gasteiger partial charge in [-0.15, -0.1) is 0 Å². The van der Waals surface area contributed by atoms with E-state index in [0.29, 0.717) is 0 Å². The van der Waals surface area contributed by atoms with E-state index in [9.17, 15) is 51.8 Å². The van der Waals surface area contributed by atoms with Crippen molar-refractivity contribution in [3.8, 4) is 0 Å². The van der Waals surface area contributed by atoms with Gasteiger partial charge in [-0.25, -0.2) is 0 Å². The van der Waals surface area contributed by atoms with Crippen molar-refractivity contribution in [1.82, 2.24) is 0 Å². The molecule has 0 fully saturated rings. The zero-order valence-corrected chi connectivity index (χ0v) is 14.7. The fourth-order valence-electron chi connectivity index (χ4n) is 1.41. The summed E-state index contributed by atoms with van der Waals surface area (Å²) in [5, 5.41) is 0. The largest absolute Gasteiger partial charge is 0.673 e. The summed E-state index contributed by atoms with van der Waals surface area (Å²) >= 11 is 0. The Bertz CT molecular complexity index is 462. The lowest BCUT2D eigenvalue weighted by Crippen LogP contribution is -2.21. The minimum absolute atomic E-state index is 1.06. The van der Waals surface area contributed by atoms with Crippen LogP contribution >= 0.6 is 0 Å². The summed E-state index contributed by atoms with van der Waals surface area (Å²) in [7, 11) is -18.0. The summed E-state index contributed by atoms with van der Waals surface area (Å²) in [6.07, 6.45) is 1.87. The molecule has 0 aliphatic heterocycles. The van der Waals surface area contributed by atoms with Crippen molar-refractivity contribution >= 4 is 33.5 Å². The van der Waals surface area contributed by atoms with Crippen LogP contribution in [-0.2, 0) is 0 Å². The zero-order valence-electron chi connectivity index (χ0n) is 14.7. The highest BCUT2D eigenvalue weighted by Crippen LogP contribution is 2.15. The van der Waals surface area contributed by atoms with E-state index < -0.39 is 21.8 Å². The molecule has 0 amide bonds. The smallest absolute Gasteiger partial charge is 0.418 e. The van der Waals surface area contributed by atoms with Crippen LogP contribution in [-0.4, -0.2) is 34.9 Å². The number of hydrogen-bond acceptors (Lipinski definition) is 1. The van der Waals surface area contributed by atoms with Crippen LogP contribution < -0.4 is 4.90 Å². The van der Waals surface area contributed by atoms with Crippen LogP contribution in [0.2, 0.25) is 0 Å². The molecule has 0 N–H and O–H groups in total. The van der Waals surface area contributed by atoms with Crippen molar-refractivity contribution in [2.24, 2.45) is 0 Å². The summed E-state index contributed by atoms with van der Waals surface area (Å²) in [5.74, 6) is 0. The number of hydrogen-bond donors (Lipinski definition) is 0. The van der Waals surface area contributed by atoms with Gasteiger partial charge in [0, 0.05) is 18.8 Å². The second kappa shape index (κ2) is 14.2. The van der Waals surface area contributed by atoms with E-state index in [0.717, 1.165) is 13.1 Å². The van der Waals surface area contributed by atoms with Crippen LogP contribution in [0.15, 0.2) is 30.8 Å². The van der Waals surface area contributed by atoms with Crippen LogP contribution in [0.4, 0.5) is 57.5 Å². The van der Waals surface area contributed by atoms with Gasteiger partial charge in [-0.1, -0.05) is 24.8 Å². The monoisotopic (exact) mass is 436 g/mol. The Labute approximate surface area is 154 Å². The maximum Gasteiger partial charge on any atom is 0.673 e. The van der Waals surface area contributed by atoms with Crippen molar-refractivity contribution in [2.45, 2.75) is 13.8 Å². The molecule has 1 rings (SSSR count). The highest BCUT2D eigenvalue weighted by Gasteiger charge is 2.21. The van der Waals surface area contributed by atoms with Gasteiger partial charge in [0.1, 0.15) is 0 Å². The van der Waals surface area contributed by atoms with Crippen LogP contribution in [0.1, 0.15) is 19.4 Å². The summed E-state index contributed by atoms with van der Waals surface area (Å²) < 4.78 is 117. The average Bonchev–Trinajstić information content (AvgIpc) is 2.44. The molecule has 0 bridgehead atoms. The van der Waals surface area contributed by atoms with E-state index in [1.165, 1.54) is 11.3 Å². The van der Waals surface area contributed by atoms with Gasteiger partial charge in [-0.05, 0) is 31.5 Å². The van der Waals surface area contributed by atoms with Gasteiger partial charge < -0.3 is 56.7 Å².